The van der Waals surface area contributed by atoms with E-state index < -0.39 is 10.0 Å². The summed E-state index contributed by atoms with van der Waals surface area (Å²) in [6.45, 7) is 0. The second kappa shape index (κ2) is 8.52. The summed E-state index contributed by atoms with van der Waals surface area (Å²) in [6.07, 6.45) is 6.46. The van der Waals surface area contributed by atoms with Crippen molar-refractivity contribution in [2.24, 2.45) is 0 Å². The van der Waals surface area contributed by atoms with Crippen LogP contribution in [0.1, 0.15) is 55.1 Å². The third-order valence-electron chi connectivity index (χ3n) is 5.46. The van der Waals surface area contributed by atoms with Crippen LogP contribution in [0.3, 0.4) is 0 Å². The lowest BCUT2D eigenvalue weighted by molar-refractivity contribution is 0.0946. The Hall–Kier alpha value is -2.17. The van der Waals surface area contributed by atoms with Crippen LogP contribution < -0.4 is 14.8 Å². The molecule has 0 radical (unpaired) electrons. The molecule has 0 spiro atoms. The number of sulfonamides is 1. The number of ether oxygens (including phenoxy) is 1. The Morgan fingerprint density at radius 2 is 1.87 bits per heavy atom. The minimum atomic E-state index is -3.77. The summed E-state index contributed by atoms with van der Waals surface area (Å²) in [6, 6.07) is 4.66. The number of halogens is 1. The molecule has 4 rings (SSSR count). The molecule has 2 N–H and O–H groups in total. The van der Waals surface area contributed by atoms with Gasteiger partial charge in [-0.1, -0.05) is 16.8 Å². The molecule has 2 aliphatic carbocycles. The molecule has 0 unspecified atom stereocenters. The first-order valence-corrected chi connectivity index (χ1v) is 11.8. The zero-order valence-corrected chi connectivity index (χ0v) is 18.1. The van der Waals surface area contributed by atoms with Crippen LogP contribution in [-0.4, -0.2) is 48.5 Å². The van der Waals surface area contributed by atoms with Gasteiger partial charge in [0.15, 0.2) is 5.69 Å². The van der Waals surface area contributed by atoms with Gasteiger partial charge in [0.1, 0.15) is 10.6 Å². The Balaban J connectivity index is 1.36. The molecule has 9 nitrogen and oxygen atoms in total. The largest absolute Gasteiger partial charge is 0.495 e. The number of amides is 1. The van der Waals surface area contributed by atoms with Gasteiger partial charge in [-0.25, -0.2) is 17.8 Å². The summed E-state index contributed by atoms with van der Waals surface area (Å²) in [5.74, 6) is 0.0564. The smallest absolute Gasteiger partial charge is 0.273 e. The number of methoxy groups -OCH3 is 1. The summed E-state index contributed by atoms with van der Waals surface area (Å²) < 4.78 is 35.3. The molecule has 0 bridgehead atoms. The van der Waals surface area contributed by atoms with Crippen LogP contribution in [0.4, 0.5) is 0 Å². The fourth-order valence-corrected chi connectivity index (χ4v) is 5.38. The van der Waals surface area contributed by atoms with E-state index in [1.54, 1.807) is 16.9 Å². The summed E-state index contributed by atoms with van der Waals surface area (Å²) >= 11 is 5.97. The molecule has 2 saturated carbocycles. The molecule has 0 saturated heterocycles. The molecular weight excluding hydrogens is 430 g/mol. The van der Waals surface area contributed by atoms with Crippen molar-refractivity contribution in [3.8, 4) is 5.75 Å². The van der Waals surface area contributed by atoms with Gasteiger partial charge in [-0.3, -0.25) is 4.79 Å². The maximum absolute atomic E-state index is 12.8. The van der Waals surface area contributed by atoms with E-state index in [1.807, 2.05) is 0 Å². The van der Waals surface area contributed by atoms with Gasteiger partial charge in [-0.2, -0.15) is 0 Å². The number of aromatic nitrogens is 3. The van der Waals surface area contributed by atoms with E-state index >= 15 is 0 Å². The van der Waals surface area contributed by atoms with E-state index in [0.29, 0.717) is 23.6 Å². The zero-order chi connectivity index (χ0) is 21.3. The number of rotatable bonds is 7. The first-order valence-electron chi connectivity index (χ1n) is 9.94. The van der Waals surface area contributed by atoms with Gasteiger partial charge in [0.05, 0.1) is 19.3 Å². The van der Waals surface area contributed by atoms with Crippen molar-refractivity contribution in [1.82, 2.24) is 25.0 Å². The van der Waals surface area contributed by atoms with Crippen LogP contribution in [0.2, 0.25) is 5.02 Å². The molecule has 1 aromatic carbocycles. The quantitative estimate of drug-likeness (QED) is 0.664. The van der Waals surface area contributed by atoms with Gasteiger partial charge in [0.25, 0.3) is 5.91 Å². The Bertz CT molecular complexity index is 1030. The lowest BCUT2D eigenvalue weighted by Gasteiger charge is -2.28. The van der Waals surface area contributed by atoms with Crippen molar-refractivity contribution in [1.29, 1.82) is 0 Å². The second-order valence-corrected chi connectivity index (χ2v) is 9.87. The van der Waals surface area contributed by atoms with Crippen molar-refractivity contribution in [2.75, 3.05) is 7.11 Å². The fourth-order valence-electron chi connectivity index (χ4n) is 3.65. The van der Waals surface area contributed by atoms with Crippen molar-refractivity contribution in [3.63, 3.8) is 0 Å². The lowest BCUT2D eigenvalue weighted by Crippen LogP contribution is -2.38. The molecule has 1 heterocycles. The number of nitrogens with zero attached hydrogens (tertiary/aromatic N) is 3. The van der Waals surface area contributed by atoms with Gasteiger partial charge >= 0.3 is 0 Å². The molecule has 1 aromatic heterocycles. The van der Waals surface area contributed by atoms with Gasteiger partial charge in [-0.05, 0) is 56.7 Å². The van der Waals surface area contributed by atoms with Crippen LogP contribution in [0, 0.1) is 0 Å². The Morgan fingerprint density at radius 3 is 2.53 bits per heavy atom. The highest BCUT2D eigenvalue weighted by atomic mass is 35.5. The standard InChI is InChI=1S/C19H24ClN5O4S/c1-29-17-9-2-12(20)10-18(17)30(27,28)23-14-5-7-15(8-6-14)25-11-16(22-24-25)19(26)21-13-3-4-13/h2,9-11,13-15,23H,3-8H2,1H3,(H,21,26). The van der Waals surface area contributed by atoms with Crippen molar-refractivity contribution >= 4 is 27.5 Å². The molecule has 0 atom stereocenters. The minimum absolute atomic E-state index is 0.0298. The van der Waals surface area contributed by atoms with Gasteiger partial charge in [0, 0.05) is 17.1 Å². The molecule has 2 fully saturated rings. The third kappa shape index (κ3) is 4.76. The third-order valence-corrected chi connectivity index (χ3v) is 7.24. The first kappa shape index (κ1) is 21.1. The number of benzene rings is 1. The lowest BCUT2D eigenvalue weighted by atomic mass is 9.92. The average Bonchev–Trinajstić information content (AvgIpc) is 3.39. The predicted molar refractivity (Wildman–Crippen MR) is 110 cm³/mol. The number of nitrogens with one attached hydrogen (secondary N) is 2. The monoisotopic (exact) mass is 453 g/mol. The van der Waals surface area contributed by atoms with E-state index in [9.17, 15) is 13.2 Å². The van der Waals surface area contributed by atoms with Gasteiger partial charge < -0.3 is 10.1 Å². The molecule has 0 aliphatic heterocycles. The minimum Gasteiger partial charge on any atom is -0.495 e. The Labute approximate surface area is 180 Å². The van der Waals surface area contributed by atoms with Crippen LogP contribution in [0.25, 0.3) is 0 Å². The topological polar surface area (TPSA) is 115 Å². The summed E-state index contributed by atoms with van der Waals surface area (Å²) in [7, 11) is -2.35. The van der Waals surface area contributed by atoms with Crippen molar-refractivity contribution in [2.45, 2.75) is 61.5 Å². The number of hydrogen-bond donors (Lipinski definition) is 2. The number of carbonyl (C=O) groups is 1. The van der Waals surface area contributed by atoms with Crippen LogP contribution in [-0.2, 0) is 10.0 Å². The highest BCUT2D eigenvalue weighted by molar-refractivity contribution is 7.89. The fraction of sp³-hybridized carbons (Fsp3) is 0.526. The van der Waals surface area contributed by atoms with Crippen LogP contribution in [0.15, 0.2) is 29.3 Å². The van der Waals surface area contributed by atoms with E-state index in [0.717, 1.165) is 25.7 Å². The predicted octanol–water partition coefficient (Wildman–Crippen LogP) is 2.29. The summed E-state index contributed by atoms with van der Waals surface area (Å²) in [5, 5.41) is 11.3. The Kier molecular flexibility index (Phi) is 5.99. The Morgan fingerprint density at radius 1 is 1.17 bits per heavy atom. The molecule has 162 valence electrons. The van der Waals surface area contributed by atoms with E-state index in [2.05, 4.69) is 20.4 Å². The van der Waals surface area contributed by atoms with Gasteiger partial charge in [0.2, 0.25) is 10.0 Å². The molecule has 2 aromatic rings. The van der Waals surface area contributed by atoms with Crippen LogP contribution in [0.5, 0.6) is 5.75 Å². The zero-order valence-electron chi connectivity index (χ0n) is 16.5. The first-order chi connectivity index (χ1) is 14.4. The molecule has 30 heavy (non-hydrogen) atoms. The van der Waals surface area contributed by atoms with Crippen LogP contribution >= 0.6 is 11.6 Å². The van der Waals surface area contributed by atoms with Gasteiger partial charge in [-0.15, -0.1) is 5.10 Å². The molecule has 11 heteroatoms. The SMILES string of the molecule is COc1ccc(Cl)cc1S(=O)(=O)NC1CCC(n2cc(C(=O)NC3CC3)nn2)CC1. The highest BCUT2D eigenvalue weighted by Gasteiger charge is 2.30. The molecular formula is C19H24ClN5O4S. The number of hydrogen-bond acceptors (Lipinski definition) is 6. The second-order valence-electron chi connectivity index (χ2n) is 7.75. The summed E-state index contributed by atoms with van der Waals surface area (Å²) in [4.78, 5) is 12.1. The van der Waals surface area contributed by atoms with E-state index in [1.165, 1.54) is 19.2 Å². The molecule has 2 aliphatic rings. The molecule has 1 amide bonds. The normalized spacial score (nSPS) is 21.9. The van der Waals surface area contributed by atoms with E-state index in [4.69, 9.17) is 16.3 Å². The maximum atomic E-state index is 12.8. The maximum Gasteiger partial charge on any atom is 0.273 e. The summed E-state index contributed by atoms with van der Waals surface area (Å²) in [5.41, 5.74) is 0.317. The average molecular weight is 454 g/mol. The van der Waals surface area contributed by atoms with Crippen molar-refractivity contribution < 1.29 is 17.9 Å². The number of carbonyl (C=O) groups excluding carboxylic acids is 1. The highest BCUT2D eigenvalue weighted by Crippen LogP contribution is 2.31. The van der Waals surface area contributed by atoms with E-state index in [-0.39, 0.29) is 34.7 Å². The van der Waals surface area contributed by atoms with Crippen molar-refractivity contribution in [3.05, 3.63) is 35.1 Å².